The van der Waals surface area contributed by atoms with E-state index in [1.165, 1.54) is 6.92 Å². The number of rotatable bonds is 4. The number of nitrogens with one attached hydrogen (secondary N) is 1. The van der Waals surface area contributed by atoms with E-state index in [9.17, 15) is 22.8 Å². The Balaban J connectivity index is 3.38. The molecule has 106 valence electrons. The highest BCUT2D eigenvalue weighted by Gasteiger charge is 2.35. The van der Waals surface area contributed by atoms with Gasteiger partial charge >= 0.3 is 12.3 Å². The van der Waals surface area contributed by atoms with E-state index in [2.05, 4.69) is 30.4 Å². The number of carbonyl (C=O) groups excluding carboxylic acids is 1. The van der Waals surface area contributed by atoms with Crippen molar-refractivity contribution in [2.24, 2.45) is 0 Å². The van der Waals surface area contributed by atoms with E-state index >= 15 is 0 Å². The topological polar surface area (TPSA) is 68.4 Å². The molecule has 0 amide bonds. The van der Waals surface area contributed by atoms with Crippen molar-refractivity contribution in [3.63, 3.8) is 0 Å². The SMILES string of the molecule is CCOC(=O)c1c[nH]c(=O)c(CBr)c1OC(F)(F)F. The van der Waals surface area contributed by atoms with Crippen molar-refractivity contribution < 1.29 is 27.4 Å². The largest absolute Gasteiger partial charge is 0.573 e. The summed E-state index contributed by atoms with van der Waals surface area (Å²) in [5.74, 6) is -1.87. The van der Waals surface area contributed by atoms with Crippen LogP contribution in [-0.2, 0) is 10.1 Å². The molecule has 0 saturated carbocycles. The number of alkyl halides is 4. The normalized spacial score (nSPS) is 11.2. The number of aromatic amines is 1. The number of carbonyl (C=O) groups is 1. The maximum atomic E-state index is 12.3. The van der Waals surface area contributed by atoms with E-state index in [0.29, 0.717) is 0 Å². The van der Waals surface area contributed by atoms with Crippen molar-refractivity contribution in [3.8, 4) is 5.75 Å². The first kappa shape index (κ1) is 15.5. The molecular formula is C10H9BrF3NO4. The molecule has 0 aliphatic rings. The van der Waals surface area contributed by atoms with Crippen LogP contribution in [0.5, 0.6) is 5.75 Å². The fraction of sp³-hybridized carbons (Fsp3) is 0.400. The Kier molecular flexibility index (Phi) is 4.98. The van der Waals surface area contributed by atoms with Crippen LogP contribution in [0.2, 0.25) is 0 Å². The van der Waals surface area contributed by atoms with E-state index in [1.807, 2.05) is 0 Å². The second-order valence-corrected chi connectivity index (χ2v) is 3.80. The fourth-order valence-corrected chi connectivity index (χ4v) is 1.78. The van der Waals surface area contributed by atoms with Crippen LogP contribution < -0.4 is 10.3 Å². The van der Waals surface area contributed by atoms with Crippen LogP contribution in [0.25, 0.3) is 0 Å². The number of H-pyrrole nitrogens is 1. The lowest BCUT2D eigenvalue weighted by atomic mass is 10.2. The third-order valence-corrected chi connectivity index (χ3v) is 2.55. The first-order valence-corrected chi connectivity index (χ1v) is 6.15. The Hall–Kier alpha value is -1.51. The average molecular weight is 344 g/mol. The number of ether oxygens (including phenoxy) is 2. The van der Waals surface area contributed by atoms with Crippen molar-refractivity contribution in [2.45, 2.75) is 18.6 Å². The first-order valence-electron chi connectivity index (χ1n) is 5.03. The average Bonchev–Trinajstić information content (AvgIpc) is 2.27. The summed E-state index contributed by atoms with van der Waals surface area (Å²) in [4.78, 5) is 25.1. The number of esters is 1. The molecule has 0 atom stereocenters. The molecule has 1 heterocycles. The van der Waals surface area contributed by atoms with E-state index in [0.717, 1.165) is 6.20 Å². The van der Waals surface area contributed by atoms with Crippen LogP contribution >= 0.6 is 15.9 Å². The van der Waals surface area contributed by atoms with Gasteiger partial charge in [0, 0.05) is 11.5 Å². The molecule has 0 spiro atoms. The molecule has 0 saturated heterocycles. The van der Waals surface area contributed by atoms with Gasteiger partial charge in [-0.3, -0.25) is 4.79 Å². The summed E-state index contributed by atoms with van der Waals surface area (Å²) in [5.41, 5.74) is -1.62. The minimum absolute atomic E-state index is 0.0208. The third-order valence-electron chi connectivity index (χ3n) is 1.99. The van der Waals surface area contributed by atoms with Crippen molar-refractivity contribution in [2.75, 3.05) is 6.61 Å². The van der Waals surface area contributed by atoms with Gasteiger partial charge in [-0.1, -0.05) is 15.9 Å². The van der Waals surface area contributed by atoms with Crippen LogP contribution in [0.3, 0.4) is 0 Å². The van der Waals surface area contributed by atoms with Gasteiger partial charge < -0.3 is 14.5 Å². The number of hydrogen-bond donors (Lipinski definition) is 1. The van der Waals surface area contributed by atoms with Gasteiger partial charge in [0.2, 0.25) is 0 Å². The Labute approximate surface area is 113 Å². The molecule has 0 bridgehead atoms. The standard InChI is InChI=1S/C10H9BrF3NO4/c1-2-18-9(17)6-4-15-8(16)5(3-11)7(6)19-10(12,13)14/h4H,2-3H2,1H3,(H,15,16). The lowest BCUT2D eigenvalue weighted by molar-refractivity contribution is -0.275. The lowest BCUT2D eigenvalue weighted by Crippen LogP contribution is -2.24. The van der Waals surface area contributed by atoms with Crippen molar-refractivity contribution in [1.82, 2.24) is 4.98 Å². The Morgan fingerprint density at radius 2 is 2.11 bits per heavy atom. The monoisotopic (exact) mass is 343 g/mol. The Bertz CT molecular complexity index is 526. The summed E-state index contributed by atoms with van der Waals surface area (Å²) in [5, 5.41) is -0.207. The predicted octanol–water partition coefficient (Wildman–Crippen LogP) is 2.35. The second-order valence-electron chi connectivity index (χ2n) is 3.24. The zero-order chi connectivity index (χ0) is 14.6. The van der Waals surface area contributed by atoms with Gasteiger partial charge in [0.25, 0.3) is 5.56 Å². The number of halogens is 4. The molecule has 1 N–H and O–H groups in total. The molecule has 5 nitrogen and oxygen atoms in total. The van der Waals surface area contributed by atoms with Crippen molar-refractivity contribution in [3.05, 3.63) is 27.7 Å². The molecular weight excluding hydrogens is 335 g/mol. The predicted molar refractivity (Wildman–Crippen MR) is 62.3 cm³/mol. The molecule has 0 aromatic carbocycles. The number of aromatic nitrogens is 1. The van der Waals surface area contributed by atoms with Gasteiger partial charge in [0.05, 0.1) is 12.2 Å². The van der Waals surface area contributed by atoms with Crippen LogP contribution in [0.4, 0.5) is 13.2 Å². The van der Waals surface area contributed by atoms with E-state index in [-0.39, 0.29) is 17.5 Å². The summed E-state index contributed by atoms with van der Waals surface area (Å²) < 4.78 is 45.3. The molecule has 9 heteroatoms. The molecule has 0 radical (unpaired) electrons. The van der Waals surface area contributed by atoms with Gasteiger partial charge in [-0.05, 0) is 6.92 Å². The number of hydrogen-bond acceptors (Lipinski definition) is 4. The maximum absolute atomic E-state index is 12.3. The van der Waals surface area contributed by atoms with Crippen molar-refractivity contribution >= 4 is 21.9 Å². The van der Waals surface area contributed by atoms with Gasteiger partial charge in [-0.2, -0.15) is 0 Å². The Morgan fingerprint density at radius 3 is 2.58 bits per heavy atom. The number of pyridine rings is 1. The van der Waals surface area contributed by atoms with Gasteiger partial charge in [-0.25, -0.2) is 4.79 Å². The maximum Gasteiger partial charge on any atom is 0.573 e. The zero-order valence-corrected chi connectivity index (χ0v) is 11.2. The highest BCUT2D eigenvalue weighted by atomic mass is 79.9. The molecule has 1 rings (SSSR count). The first-order chi connectivity index (χ1) is 8.80. The summed E-state index contributed by atoms with van der Waals surface area (Å²) in [6.45, 7) is 1.48. The molecule has 0 fully saturated rings. The van der Waals surface area contributed by atoms with Crippen LogP contribution in [0.1, 0.15) is 22.8 Å². The lowest BCUT2D eigenvalue weighted by Gasteiger charge is -2.14. The summed E-state index contributed by atoms with van der Waals surface area (Å²) in [7, 11) is 0. The molecule has 0 aliphatic heterocycles. The minimum Gasteiger partial charge on any atom is -0.462 e. The van der Waals surface area contributed by atoms with Crippen LogP contribution in [0.15, 0.2) is 11.0 Å². The van der Waals surface area contributed by atoms with Crippen LogP contribution in [0, 0.1) is 0 Å². The fourth-order valence-electron chi connectivity index (χ4n) is 1.27. The summed E-state index contributed by atoms with van der Waals surface area (Å²) in [6.07, 6.45) is -4.19. The molecule has 0 unspecified atom stereocenters. The third kappa shape index (κ3) is 3.98. The molecule has 1 aromatic heterocycles. The second kappa shape index (κ2) is 6.09. The quantitative estimate of drug-likeness (QED) is 0.673. The van der Waals surface area contributed by atoms with E-state index in [1.54, 1.807) is 0 Å². The Morgan fingerprint density at radius 1 is 1.47 bits per heavy atom. The molecule has 19 heavy (non-hydrogen) atoms. The van der Waals surface area contributed by atoms with Gasteiger partial charge in [-0.15, -0.1) is 13.2 Å². The highest BCUT2D eigenvalue weighted by molar-refractivity contribution is 9.08. The smallest absolute Gasteiger partial charge is 0.462 e. The zero-order valence-electron chi connectivity index (χ0n) is 9.64. The highest BCUT2D eigenvalue weighted by Crippen LogP contribution is 2.29. The van der Waals surface area contributed by atoms with Gasteiger partial charge in [0.1, 0.15) is 5.56 Å². The summed E-state index contributed by atoms with van der Waals surface area (Å²) >= 11 is 2.87. The minimum atomic E-state index is -5.02. The molecule has 1 aromatic rings. The van der Waals surface area contributed by atoms with E-state index < -0.39 is 29.2 Å². The van der Waals surface area contributed by atoms with Crippen LogP contribution in [-0.4, -0.2) is 23.9 Å². The molecule has 0 aliphatic carbocycles. The van der Waals surface area contributed by atoms with E-state index in [4.69, 9.17) is 0 Å². The van der Waals surface area contributed by atoms with Crippen molar-refractivity contribution in [1.29, 1.82) is 0 Å². The van der Waals surface area contributed by atoms with Gasteiger partial charge in [0.15, 0.2) is 5.75 Å². The summed E-state index contributed by atoms with van der Waals surface area (Å²) in [6, 6.07) is 0.